The zero-order valence-corrected chi connectivity index (χ0v) is 14.6. The van der Waals surface area contributed by atoms with Crippen LogP contribution in [0.15, 0.2) is 55.1 Å². The number of aromatic nitrogens is 5. The van der Waals surface area contributed by atoms with Crippen LogP contribution in [0.25, 0.3) is 16.9 Å². The van der Waals surface area contributed by atoms with Gasteiger partial charge in [-0.25, -0.2) is 9.50 Å². The monoisotopic (exact) mass is 396 g/mol. The summed E-state index contributed by atoms with van der Waals surface area (Å²) in [4.78, 5) is 12.8. The Morgan fingerprint density at radius 3 is 2.66 bits per heavy atom. The van der Waals surface area contributed by atoms with Crippen LogP contribution in [-0.4, -0.2) is 30.9 Å². The van der Waals surface area contributed by atoms with Gasteiger partial charge in [0.2, 0.25) is 0 Å². The summed E-state index contributed by atoms with van der Waals surface area (Å²) in [5, 5.41) is 13.4. The Kier molecular flexibility index (Phi) is 4.56. The molecular formula is C19H11F3N6O. The Morgan fingerprint density at radius 1 is 1.14 bits per heavy atom. The van der Waals surface area contributed by atoms with Gasteiger partial charge in [-0.05, 0) is 23.8 Å². The number of hydrogen-bond donors (Lipinski definition) is 0. The first-order valence-corrected chi connectivity index (χ1v) is 8.32. The number of halogens is 3. The zero-order chi connectivity index (χ0) is 20.4. The molecule has 0 spiro atoms. The average Bonchev–Trinajstić information content (AvgIpc) is 3.11. The van der Waals surface area contributed by atoms with Gasteiger partial charge in [0.05, 0.1) is 5.56 Å². The number of fused-ring (bicyclic) bond motifs is 1. The molecule has 0 saturated heterocycles. The maximum absolute atomic E-state index is 12.3. The van der Waals surface area contributed by atoms with Gasteiger partial charge in [0.1, 0.15) is 17.5 Å². The fraction of sp³-hybridized carbons (Fsp3) is 0.105. The van der Waals surface area contributed by atoms with Crippen molar-refractivity contribution in [3.05, 3.63) is 72.1 Å². The highest BCUT2D eigenvalue weighted by Gasteiger charge is 2.30. The van der Waals surface area contributed by atoms with E-state index in [4.69, 9.17) is 5.26 Å². The highest BCUT2D eigenvalue weighted by atomic mass is 19.4. The second kappa shape index (κ2) is 7.20. The summed E-state index contributed by atoms with van der Waals surface area (Å²) in [7, 11) is 0. The molecule has 1 aromatic carbocycles. The second-order valence-electron chi connectivity index (χ2n) is 6.01. The lowest BCUT2D eigenvalue weighted by molar-refractivity contribution is -0.274. The van der Waals surface area contributed by atoms with E-state index in [1.807, 2.05) is 6.07 Å². The highest BCUT2D eigenvalue weighted by Crippen LogP contribution is 2.24. The molecule has 4 rings (SSSR count). The molecule has 3 heterocycles. The molecule has 10 heteroatoms. The number of alkyl halides is 3. The molecule has 0 radical (unpaired) electrons. The minimum atomic E-state index is -4.73. The van der Waals surface area contributed by atoms with Gasteiger partial charge in [-0.3, -0.25) is 9.97 Å². The zero-order valence-electron chi connectivity index (χ0n) is 14.6. The molecule has 0 aliphatic heterocycles. The third-order valence-corrected chi connectivity index (χ3v) is 3.96. The first kappa shape index (κ1) is 18.4. The van der Waals surface area contributed by atoms with E-state index in [1.165, 1.54) is 30.5 Å². The summed E-state index contributed by atoms with van der Waals surface area (Å²) in [5.41, 5.74) is 2.74. The molecule has 0 unspecified atom stereocenters. The predicted octanol–water partition coefficient (Wildman–Crippen LogP) is 3.55. The van der Waals surface area contributed by atoms with Crippen molar-refractivity contribution in [2.24, 2.45) is 0 Å². The number of rotatable bonds is 4. The summed E-state index contributed by atoms with van der Waals surface area (Å²) in [6.45, 7) is 0. The first-order chi connectivity index (χ1) is 13.9. The van der Waals surface area contributed by atoms with E-state index in [9.17, 15) is 13.2 Å². The quantitative estimate of drug-likeness (QED) is 0.524. The molecule has 0 fully saturated rings. The van der Waals surface area contributed by atoms with Crippen LogP contribution in [0.3, 0.4) is 0 Å². The lowest BCUT2D eigenvalue weighted by Crippen LogP contribution is -2.17. The normalized spacial score (nSPS) is 11.4. The second-order valence-corrected chi connectivity index (χ2v) is 6.01. The minimum absolute atomic E-state index is 0.291. The lowest BCUT2D eigenvalue weighted by atomic mass is 10.1. The maximum Gasteiger partial charge on any atom is 0.573 e. The molecule has 0 aliphatic rings. The predicted molar refractivity (Wildman–Crippen MR) is 94.7 cm³/mol. The van der Waals surface area contributed by atoms with Crippen molar-refractivity contribution in [2.45, 2.75) is 12.8 Å². The molecular weight excluding hydrogens is 385 g/mol. The fourth-order valence-electron chi connectivity index (χ4n) is 2.76. The van der Waals surface area contributed by atoms with Crippen LogP contribution in [0, 0.1) is 11.3 Å². The van der Waals surface area contributed by atoms with Gasteiger partial charge in [-0.1, -0.05) is 12.1 Å². The van der Waals surface area contributed by atoms with Crippen LogP contribution in [0.4, 0.5) is 13.2 Å². The molecule has 3 aromatic heterocycles. The van der Waals surface area contributed by atoms with Gasteiger partial charge in [0.25, 0.3) is 0 Å². The Hall–Kier alpha value is -4.00. The minimum Gasteiger partial charge on any atom is -0.406 e. The van der Waals surface area contributed by atoms with Crippen molar-refractivity contribution >= 4 is 5.65 Å². The van der Waals surface area contributed by atoms with Crippen LogP contribution >= 0.6 is 0 Å². The molecule has 0 bridgehead atoms. The summed E-state index contributed by atoms with van der Waals surface area (Å²) in [6, 6.07) is 9.21. The van der Waals surface area contributed by atoms with Gasteiger partial charge < -0.3 is 4.74 Å². The molecule has 7 nitrogen and oxygen atoms in total. The van der Waals surface area contributed by atoms with E-state index in [2.05, 4.69) is 24.8 Å². The van der Waals surface area contributed by atoms with Crippen molar-refractivity contribution in [1.82, 2.24) is 24.6 Å². The van der Waals surface area contributed by atoms with E-state index in [0.29, 0.717) is 34.7 Å². The van der Waals surface area contributed by atoms with Gasteiger partial charge in [0, 0.05) is 36.8 Å². The Labute approximate surface area is 162 Å². The SMILES string of the molecule is N#Cc1cncc(-c2nccn3nc(Cc4ccc(OC(F)(F)F)cc4)nc23)c1. The lowest BCUT2D eigenvalue weighted by Gasteiger charge is -2.08. The van der Waals surface area contributed by atoms with Gasteiger partial charge in [0.15, 0.2) is 11.5 Å². The molecule has 29 heavy (non-hydrogen) atoms. The highest BCUT2D eigenvalue weighted by molar-refractivity contribution is 5.73. The van der Waals surface area contributed by atoms with Crippen molar-refractivity contribution in [2.75, 3.05) is 0 Å². The summed E-state index contributed by atoms with van der Waals surface area (Å²) >= 11 is 0. The standard InChI is InChI=1S/C19H11F3N6O/c20-19(21,22)29-15-3-1-12(2-4-15)8-16-26-18-17(25-5-6-28(18)27-16)14-7-13(9-23)10-24-11-14/h1-7,10-11H,8H2. The number of nitrogens with zero attached hydrogens (tertiary/aromatic N) is 6. The van der Waals surface area contributed by atoms with Gasteiger partial charge in [-0.15, -0.1) is 13.2 Å². The smallest absolute Gasteiger partial charge is 0.406 e. The van der Waals surface area contributed by atoms with E-state index in [0.717, 1.165) is 5.56 Å². The van der Waals surface area contributed by atoms with Crippen LogP contribution in [-0.2, 0) is 6.42 Å². The average molecular weight is 396 g/mol. The third kappa shape index (κ3) is 4.14. The van der Waals surface area contributed by atoms with Crippen LogP contribution in [0.5, 0.6) is 5.75 Å². The summed E-state index contributed by atoms with van der Waals surface area (Å²) in [5.74, 6) is 0.175. The van der Waals surface area contributed by atoms with Crippen molar-refractivity contribution < 1.29 is 17.9 Å². The van der Waals surface area contributed by atoms with Crippen LogP contribution in [0.1, 0.15) is 17.0 Å². The fourth-order valence-corrected chi connectivity index (χ4v) is 2.76. The largest absolute Gasteiger partial charge is 0.573 e. The number of ether oxygens (including phenoxy) is 1. The van der Waals surface area contributed by atoms with E-state index in [-0.39, 0.29) is 5.75 Å². The molecule has 0 N–H and O–H groups in total. The van der Waals surface area contributed by atoms with Crippen LogP contribution in [0.2, 0.25) is 0 Å². The van der Waals surface area contributed by atoms with Crippen molar-refractivity contribution in [3.63, 3.8) is 0 Å². The molecule has 0 saturated carbocycles. The number of hydrogen-bond acceptors (Lipinski definition) is 6. The van der Waals surface area contributed by atoms with Crippen LogP contribution < -0.4 is 4.74 Å². The third-order valence-electron chi connectivity index (χ3n) is 3.96. The number of pyridine rings is 1. The Balaban J connectivity index is 1.62. The first-order valence-electron chi connectivity index (χ1n) is 8.32. The molecule has 0 aliphatic carbocycles. The Morgan fingerprint density at radius 2 is 1.93 bits per heavy atom. The van der Waals surface area contributed by atoms with Crippen molar-refractivity contribution in [3.8, 4) is 23.1 Å². The molecule has 4 aromatic rings. The number of nitriles is 1. The summed E-state index contributed by atoms with van der Waals surface area (Å²) < 4.78 is 42.2. The van der Waals surface area contributed by atoms with Crippen molar-refractivity contribution in [1.29, 1.82) is 5.26 Å². The summed E-state index contributed by atoms with van der Waals surface area (Å²) in [6.07, 6.45) is 1.80. The van der Waals surface area contributed by atoms with Gasteiger partial charge >= 0.3 is 6.36 Å². The molecule has 0 amide bonds. The topological polar surface area (TPSA) is 89.0 Å². The van der Waals surface area contributed by atoms with E-state index >= 15 is 0 Å². The number of benzene rings is 1. The van der Waals surface area contributed by atoms with E-state index in [1.54, 1.807) is 29.2 Å². The maximum atomic E-state index is 12.3. The Bertz CT molecular complexity index is 1210. The van der Waals surface area contributed by atoms with E-state index < -0.39 is 6.36 Å². The molecule has 144 valence electrons. The molecule has 0 atom stereocenters. The van der Waals surface area contributed by atoms with Gasteiger partial charge in [-0.2, -0.15) is 10.4 Å².